The molecule has 1 aromatic heterocycles. The van der Waals surface area contributed by atoms with E-state index in [0.29, 0.717) is 11.4 Å². The van der Waals surface area contributed by atoms with Crippen molar-refractivity contribution < 1.29 is 8.42 Å². The van der Waals surface area contributed by atoms with Crippen LogP contribution in [0.4, 0.5) is 22.9 Å². The number of hydrogen-bond donors (Lipinski definition) is 2. The number of rotatable bonds is 3. The van der Waals surface area contributed by atoms with Gasteiger partial charge in [-0.05, 0) is 12.1 Å². The maximum absolute atomic E-state index is 12.4. The van der Waals surface area contributed by atoms with E-state index in [0.717, 1.165) is 11.4 Å². The molecular formula is C10H10N6O2S2. The van der Waals surface area contributed by atoms with Crippen molar-refractivity contribution in [2.75, 3.05) is 10.5 Å². The molecule has 0 saturated heterocycles. The first kappa shape index (κ1) is 12.8. The summed E-state index contributed by atoms with van der Waals surface area (Å²) < 4.78 is 36.7. The van der Waals surface area contributed by atoms with Gasteiger partial charge in [0, 0.05) is 7.05 Å². The number of aromatic nitrogens is 2. The lowest BCUT2D eigenvalue weighted by molar-refractivity contribution is 0.600. The summed E-state index contributed by atoms with van der Waals surface area (Å²) in [6.45, 7) is 0. The highest BCUT2D eigenvalue weighted by Gasteiger charge is 2.24. The van der Waals surface area contributed by atoms with Gasteiger partial charge in [-0.25, -0.2) is 8.42 Å². The van der Waals surface area contributed by atoms with Crippen LogP contribution in [0, 0.1) is 0 Å². The van der Waals surface area contributed by atoms with E-state index in [-0.39, 0.29) is 16.4 Å². The molecule has 0 amide bonds. The Kier molecular flexibility index (Phi) is 2.83. The van der Waals surface area contributed by atoms with E-state index in [4.69, 9.17) is 5.73 Å². The summed E-state index contributed by atoms with van der Waals surface area (Å²) in [5.41, 5.74) is 6.81. The standard InChI is InChI=1S/C10H10N6O2S2/c1-16-10(6(11)5-12-16)15-20(17,18)8-4-2-3-7-9(8)14-19-13-7/h2-5,15H,11H2,1H3. The normalized spacial score (nSPS) is 13.1. The minimum Gasteiger partial charge on any atom is -0.394 e. The van der Waals surface area contributed by atoms with Crippen molar-refractivity contribution in [1.29, 1.82) is 0 Å². The van der Waals surface area contributed by atoms with Gasteiger partial charge >= 0.3 is 0 Å². The van der Waals surface area contributed by atoms with Gasteiger partial charge < -0.3 is 5.73 Å². The van der Waals surface area contributed by atoms with Gasteiger partial charge in [0.2, 0.25) is 0 Å². The highest BCUT2D eigenvalue weighted by molar-refractivity contribution is 7.93. The summed E-state index contributed by atoms with van der Waals surface area (Å²) in [7, 11) is -2.21. The molecule has 10 heteroatoms. The van der Waals surface area contributed by atoms with E-state index < -0.39 is 10.0 Å². The molecule has 0 bridgehead atoms. The maximum Gasteiger partial charge on any atom is 0.265 e. The fraction of sp³-hybridized carbons (Fsp3) is 0.100. The second-order valence-electron chi connectivity index (χ2n) is 4.07. The van der Waals surface area contributed by atoms with Crippen molar-refractivity contribution in [3.63, 3.8) is 0 Å². The molecule has 0 spiro atoms. The third-order valence-corrected chi connectivity index (χ3v) is 4.65. The summed E-state index contributed by atoms with van der Waals surface area (Å²) in [5.74, 6) is 0.213. The van der Waals surface area contributed by atoms with Crippen molar-refractivity contribution in [2.24, 2.45) is 15.8 Å². The summed E-state index contributed by atoms with van der Waals surface area (Å²) in [6, 6.07) is 4.79. The molecule has 3 rings (SSSR count). The molecule has 20 heavy (non-hydrogen) atoms. The van der Waals surface area contributed by atoms with Crippen LogP contribution in [-0.2, 0) is 28.4 Å². The molecular weight excluding hydrogens is 300 g/mol. The second kappa shape index (κ2) is 4.42. The molecule has 8 nitrogen and oxygen atoms in total. The van der Waals surface area contributed by atoms with Crippen LogP contribution >= 0.6 is 0 Å². The number of benzene rings is 1. The summed E-state index contributed by atoms with van der Waals surface area (Å²) in [5, 5.41) is 3.89. The van der Waals surface area contributed by atoms with Crippen LogP contribution < -0.4 is 10.5 Å². The van der Waals surface area contributed by atoms with E-state index in [9.17, 15) is 8.42 Å². The molecule has 2 heterocycles. The van der Waals surface area contributed by atoms with Crippen LogP contribution in [-0.4, -0.2) is 18.2 Å². The Balaban J connectivity index is 2.07. The predicted octanol–water partition coefficient (Wildman–Crippen LogP) is 1.53. The van der Waals surface area contributed by atoms with E-state index in [2.05, 4.69) is 18.5 Å². The Morgan fingerprint density at radius 1 is 1.35 bits per heavy atom. The number of nitrogens with two attached hydrogens (primary N) is 1. The van der Waals surface area contributed by atoms with Crippen molar-refractivity contribution in [3.8, 4) is 0 Å². The average molecular weight is 310 g/mol. The number of anilines is 2. The minimum atomic E-state index is -3.81. The van der Waals surface area contributed by atoms with Gasteiger partial charge in [-0.2, -0.15) is 13.8 Å². The van der Waals surface area contributed by atoms with Crippen LogP contribution in [0.2, 0.25) is 0 Å². The third-order valence-electron chi connectivity index (χ3n) is 2.74. The zero-order valence-electron chi connectivity index (χ0n) is 10.3. The predicted molar refractivity (Wildman–Crippen MR) is 76.4 cm³/mol. The summed E-state index contributed by atoms with van der Waals surface area (Å²) in [4.78, 5) is 0.0596. The van der Waals surface area contributed by atoms with Crippen molar-refractivity contribution in [2.45, 2.75) is 4.90 Å². The Morgan fingerprint density at radius 2 is 2.15 bits per heavy atom. The molecule has 104 valence electrons. The molecule has 1 aliphatic heterocycles. The Labute approximate surface area is 118 Å². The molecule has 0 atom stereocenters. The van der Waals surface area contributed by atoms with Gasteiger partial charge in [-0.3, -0.25) is 9.40 Å². The van der Waals surface area contributed by atoms with Crippen LogP contribution in [0.3, 0.4) is 0 Å². The van der Waals surface area contributed by atoms with Gasteiger partial charge in [-0.1, -0.05) is 6.07 Å². The van der Waals surface area contributed by atoms with Gasteiger partial charge in [0.15, 0.2) is 5.82 Å². The zero-order valence-corrected chi connectivity index (χ0v) is 11.9. The third kappa shape index (κ3) is 1.98. The molecule has 0 saturated carbocycles. The number of nitrogens with zero attached hydrogens (tertiary/aromatic N) is 4. The van der Waals surface area contributed by atoms with Crippen LogP contribution in [0.25, 0.3) is 0 Å². The SMILES string of the molecule is Cn1ncc(N)c1NS(=O)(=O)c1cccc2c1N=S=N2. The highest BCUT2D eigenvalue weighted by atomic mass is 32.2. The zero-order chi connectivity index (χ0) is 14.3. The van der Waals surface area contributed by atoms with Gasteiger partial charge in [-0.15, -0.1) is 0 Å². The largest absolute Gasteiger partial charge is 0.394 e. The number of aryl methyl sites for hydroxylation is 1. The number of fused-ring (bicyclic) bond motifs is 1. The van der Waals surface area contributed by atoms with Crippen molar-refractivity contribution >= 4 is 44.3 Å². The Morgan fingerprint density at radius 3 is 2.85 bits per heavy atom. The lowest BCUT2D eigenvalue weighted by atomic mass is 10.3. The maximum atomic E-state index is 12.4. The molecule has 0 fully saturated rings. The van der Waals surface area contributed by atoms with E-state index in [1.54, 1.807) is 19.2 Å². The Hall–Kier alpha value is -2.20. The van der Waals surface area contributed by atoms with Crippen LogP contribution in [0.5, 0.6) is 0 Å². The first-order valence-electron chi connectivity index (χ1n) is 5.50. The number of hydrogen-bond acceptors (Lipinski definition) is 6. The molecule has 1 aromatic carbocycles. The lowest BCUT2D eigenvalue weighted by Gasteiger charge is -2.10. The summed E-state index contributed by atoms with van der Waals surface area (Å²) in [6.07, 6.45) is 1.38. The smallest absolute Gasteiger partial charge is 0.265 e. The lowest BCUT2D eigenvalue weighted by Crippen LogP contribution is -2.16. The van der Waals surface area contributed by atoms with E-state index in [1.165, 1.54) is 16.9 Å². The number of nitrogens with one attached hydrogen (secondary N) is 1. The number of sulfonamides is 1. The van der Waals surface area contributed by atoms with Crippen LogP contribution in [0.15, 0.2) is 38.0 Å². The van der Waals surface area contributed by atoms with E-state index >= 15 is 0 Å². The molecule has 0 radical (unpaired) electrons. The quantitative estimate of drug-likeness (QED) is 0.763. The summed E-state index contributed by atoms with van der Waals surface area (Å²) >= 11 is 0.963. The average Bonchev–Trinajstić information content (AvgIpc) is 2.99. The van der Waals surface area contributed by atoms with Gasteiger partial charge in [0.25, 0.3) is 10.0 Å². The fourth-order valence-electron chi connectivity index (χ4n) is 1.76. The van der Waals surface area contributed by atoms with E-state index in [1.807, 2.05) is 0 Å². The highest BCUT2D eigenvalue weighted by Crippen LogP contribution is 2.38. The fourth-order valence-corrected chi connectivity index (χ4v) is 3.64. The topological polar surface area (TPSA) is 115 Å². The first-order valence-corrected chi connectivity index (χ1v) is 7.72. The minimum absolute atomic E-state index is 0.0596. The monoisotopic (exact) mass is 310 g/mol. The molecule has 2 aromatic rings. The first-order chi connectivity index (χ1) is 9.49. The van der Waals surface area contributed by atoms with Gasteiger partial charge in [0.1, 0.15) is 16.3 Å². The van der Waals surface area contributed by atoms with Crippen LogP contribution in [0.1, 0.15) is 0 Å². The Bertz CT molecular complexity index is 844. The molecule has 3 N–H and O–H groups in total. The van der Waals surface area contributed by atoms with Crippen molar-refractivity contribution in [3.05, 3.63) is 24.4 Å². The molecule has 1 aliphatic rings. The second-order valence-corrected chi connectivity index (χ2v) is 6.25. The number of nitrogen functional groups attached to an aromatic ring is 1. The molecule has 0 aliphatic carbocycles. The van der Waals surface area contributed by atoms with Crippen molar-refractivity contribution in [1.82, 2.24) is 9.78 Å². The van der Waals surface area contributed by atoms with Gasteiger partial charge in [0.05, 0.1) is 23.2 Å². The molecule has 0 unspecified atom stereocenters.